The van der Waals surface area contributed by atoms with Gasteiger partial charge in [-0.05, 0) is 52.7 Å². The maximum absolute atomic E-state index is 6.42. The molecule has 142 valence electrons. The quantitative estimate of drug-likeness (QED) is 0.332. The van der Waals surface area contributed by atoms with Gasteiger partial charge in [0.1, 0.15) is 11.2 Å². The van der Waals surface area contributed by atoms with Crippen molar-refractivity contribution < 1.29 is 4.42 Å². The summed E-state index contributed by atoms with van der Waals surface area (Å²) in [6, 6.07) is 37.8. The van der Waals surface area contributed by atoms with Gasteiger partial charge >= 0.3 is 0 Å². The fraction of sp³-hybridized carbons (Fsp3) is 0. The standard InChI is InChI=1S/C28H19NO/c1-3-9-19(10-4-1)24-17-23(29-22-13-5-2-6-14-22)18-26-25-15-20-11-7-8-12-21(20)16-27(25)30-28(24)26/h1-18,29H. The number of furan rings is 1. The topological polar surface area (TPSA) is 25.2 Å². The van der Waals surface area contributed by atoms with Gasteiger partial charge in [0.25, 0.3) is 0 Å². The Hall–Kier alpha value is -4.04. The van der Waals surface area contributed by atoms with Gasteiger partial charge in [-0.25, -0.2) is 0 Å². The molecule has 5 aromatic carbocycles. The second-order valence-electron chi connectivity index (χ2n) is 7.56. The number of hydrogen-bond donors (Lipinski definition) is 1. The van der Waals surface area contributed by atoms with E-state index >= 15 is 0 Å². The first-order chi connectivity index (χ1) is 14.8. The van der Waals surface area contributed by atoms with Gasteiger partial charge in [-0.1, -0.05) is 72.8 Å². The molecule has 0 unspecified atom stereocenters. The van der Waals surface area contributed by atoms with Crippen LogP contribution in [0.5, 0.6) is 0 Å². The Kier molecular flexibility index (Phi) is 3.82. The summed E-state index contributed by atoms with van der Waals surface area (Å²) in [7, 11) is 0. The van der Waals surface area contributed by atoms with Gasteiger partial charge in [-0.15, -0.1) is 0 Å². The van der Waals surface area contributed by atoms with E-state index in [0.717, 1.165) is 44.4 Å². The summed E-state index contributed by atoms with van der Waals surface area (Å²) in [5.74, 6) is 0. The molecule has 0 aliphatic carbocycles. The molecule has 0 atom stereocenters. The molecule has 0 amide bonds. The largest absolute Gasteiger partial charge is 0.455 e. The van der Waals surface area contributed by atoms with E-state index in [1.54, 1.807) is 0 Å². The van der Waals surface area contributed by atoms with Crippen LogP contribution in [0.25, 0.3) is 43.8 Å². The zero-order chi connectivity index (χ0) is 19.9. The molecular formula is C28H19NO. The molecule has 0 saturated carbocycles. The Balaban J connectivity index is 1.65. The van der Waals surface area contributed by atoms with Crippen molar-refractivity contribution in [2.24, 2.45) is 0 Å². The maximum atomic E-state index is 6.42. The number of benzene rings is 5. The van der Waals surface area contributed by atoms with Crippen molar-refractivity contribution >= 4 is 44.1 Å². The first-order valence-corrected chi connectivity index (χ1v) is 10.1. The predicted octanol–water partition coefficient (Wildman–Crippen LogP) is 8.15. The molecule has 2 nitrogen and oxygen atoms in total. The van der Waals surface area contributed by atoms with Crippen LogP contribution in [-0.2, 0) is 0 Å². The van der Waals surface area contributed by atoms with Crippen molar-refractivity contribution in [3.63, 3.8) is 0 Å². The zero-order valence-corrected chi connectivity index (χ0v) is 16.3. The van der Waals surface area contributed by atoms with Crippen LogP contribution in [0.4, 0.5) is 11.4 Å². The summed E-state index contributed by atoms with van der Waals surface area (Å²) in [5.41, 5.74) is 6.18. The lowest BCUT2D eigenvalue weighted by molar-refractivity contribution is 0.670. The lowest BCUT2D eigenvalue weighted by Crippen LogP contribution is -1.91. The third-order valence-corrected chi connectivity index (χ3v) is 5.59. The molecule has 30 heavy (non-hydrogen) atoms. The van der Waals surface area contributed by atoms with Gasteiger partial charge in [0.2, 0.25) is 0 Å². The van der Waals surface area contributed by atoms with E-state index in [0.29, 0.717) is 0 Å². The summed E-state index contributed by atoms with van der Waals surface area (Å²) in [6.07, 6.45) is 0. The van der Waals surface area contributed by atoms with E-state index in [2.05, 4.69) is 90.2 Å². The van der Waals surface area contributed by atoms with Crippen molar-refractivity contribution in [2.45, 2.75) is 0 Å². The average Bonchev–Trinajstić information content (AvgIpc) is 3.15. The highest BCUT2D eigenvalue weighted by molar-refractivity contribution is 6.14. The van der Waals surface area contributed by atoms with Crippen molar-refractivity contribution in [1.82, 2.24) is 0 Å². The number of nitrogens with one attached hydrogen (secondary N) is 1. The van der Waals surface area contributed by atoms with E-state index in [1.807, 2.05) is 24.3 Å². The number of hydrogen-bond acceptors (Lipinski definition) is 2. The minimum Gasteiger partial charge on any atom is -0.455 e. The second-order valence-corrected chi connectivity index (χ2v) is 7.56. The monoisotopic (exact) mass is 385 g/mol. The fourth-order valence-corrected chi connectivity index (χ4v) is 4.16. The summed E-state index contributed by atoms with van der Waals surface area (Å²) in [5, 5.41) is 8.22. The molecule has 1 heterocycles. The highest BCUT2D eigenvalue weighted by Crippen LogP contribution is 2.40. The van der Waals surface area contributed by atoms with Crippen LogP contribution < -0.4 is 5.32 Å². The average molecular weight is 385 g/mol. The summed E-state index contributed by atoms with van der Waals surface area (Å²) in [6.45, 7) is 0. The van der Waals surface area contributed by atoms with Crippen molar-refractivity contribution in [3.05, 3.63) is 109 Å². The Morgan fingerprint density at radius 2 is 1.20 bits per heavy atom. The molecule has 2 heteroatoms. The SMILES string of the molecule is c1ccc(Nc2cc(-c3ccccc3)c3oc4cc5ccccc5cc4c3c2)cc1. The molecule has 0 radical (unpaired) electrons. The van der Waals surface area contributed by atoms with Gasteiger partial charge in [-0.3, -0.25) is 0 Å². The highest BCUT2D eigenvalue weighted by Gasteiger charge is 2.15. The van der Waals surface area contributed by atoms with E-state index in [-0.39, 0.29) is 0 Å². The van der Waals surface area contributed by atoms with E-state index in [9.17, 15) is 0 Å². The van der Waals surface area contributed by atoms with Crippen LogP contribution in [0, 0.1) is 0 Å². The van der Waals surface area contributed by atoms with Gasteiger partial charge in [0, 0.05) is 27.7 Å². The molecular weight excluding hydrogens is 366 g/mol. The van der Waals surface area contributed by atoms with E-state index in [1.165, 1.54) is 10.8 Å². The molecule has 6 rings (SSSR count). The molecule has 0 saturated heterocycles. The Bertz CT molecular complexity index is 1500. The smallest absolute Gasteiger partial charge is 0.143 e. The van der Waals surface area contributed by atoms with Gasteiger partial charge in [0.05, 0.1) is 0 Å². The van der Waals surface area contributed by atoms with Gasteiger partial charge in [0.15, 0.2) is 0 Å². The number of rotatable bonds is 3. The van der Waals surface area contributed by atoms with Gasteiger partial charge < -0.3 is 9.73 Å². The summed E-state index contributed by atoms with van der Waals surface area (Å²) in [4.78, 5) is 0. The molecule has 0 bridgehead atoms. The summed E-state index contributed by atoms with van der Waals surface area (Å²) < 4.78 is 6.42. The van der Waals surface area contributed by atoms with Crippen LogP contribution in [0.2, 0.25) is 0 Å². The second kappa shape index (κ2) is 6.78. The predicted molar refractivity (Wildman–Crippen MR) is 126 cm³/mol. The summed E-state index contributed by atoms with van der Waals surface area (Å²) >= 11 is 0. The molecule has 0 spiro atoms. The first kappa shape index (κ1) is 16.9. The Labute approximate surface area is 174 Å². The van der Waals surface area contributed by atoms with Gasteiger partial charge in [-0.2, -0.15) is 0 Å². The molecule has 0 aliphatic heterocycles. The van der Waals surface area contributed by atoms with Crippen LogP contribution >= 0.6 is 0 Å². The fourth-order valence-electron chi connectivity index (χ4n) is 4.16. The Morgan fingerprint density at radius 3 is 1.97 bits per heavy atom. The molecule has 1 aromatic heterocycles. The van der Waals surface area contributed by atoms with E-state index in [4.69, 9.17) is 4.42 Å². The van der Waals surface area contributed by atoms with Crippen LogP contribution in [0.3, 0.4) is 0 Å². The van der Waals surface area contributed by atoms with Crippen molar-refractivity contribution in [3.8, 4) is 11.1 Å². The van der Waals surface area contributed by atoms with Crippen molar-refractivity contribution in [2.75, 3.05) is 5.32 Å². The lowest BCUT2D eigenvalue weighted by Gasteiger charge is -2.10. The normalized spacial score (nSPS) is 11.3. The minimum absolute atomic E-state index is 0.915. The third-order valence-electron chi connectivity index (χ3n) is 5.59. The van der Waals surface area contributed by atoms with Crippen LogP contribution in [-0.4, -0.2) is 0 Å². The van der Waals surface area contributed by atoms with Crippen molar-refractivity contribution in [1.29, 1.82) is 0 Å². The Morgan fingerprint density at radius 1 is 0.533 bits per heavy atom. The zero-order valence-electron chi connectivity index (χ0n) is 16.3. The maximum Gasteiger partial charge on any atom is 0.143 e. The molecule has 0 aliphatic rings. The number of para-hydroxylation sites is 1. The highest BCUT2D eigenvalue weighted by atomic mass is 16.3. The van der Waals surface area contributed by atoms with Crippen LogP contribution in [0.1, 0.15) is 0 Å². The third kappa shape index (κ3) is 2.82. The number of anilines is 2. The molecule has 0 fully saturated rings. The minimum atomic E-state index is 0.915. The first-order valence-electron chi connectivity index (χ1n) is 10.1. The molecule has 1 N–H and O–H groups in total. The lowest BCUT2D eigenvalue weighted by atomic mass is 10.00. The van der Waals surface area contributed by atoms with E-state index < -0.39 is 0 Å². The number of fused-ring (bicyclic) bond motifs is 4. The molecule has 6 aromatic rings. The van der Waals surface area contributed by atoms with Crippen LogP contribution in [0.15, 0.2) is 114 Å².